The number of nitrogens with zero attached hydrogens (tertiary/aromatic N) is 3. The van der Waals surface area contributed by atoms with Crippen LogP contribution < -0.4 is 11.1 Å². The molecule has 1 aromatic rings. The molecule has 0 amide bonds. The molecule has 19 heavy (non-hydrogen) atoms. The van der Waals surface area contributed by atoms with Crippen molar-refractivity contribution in [3.8, 4) is 0 Å². The molecule has 0 aliphatic carbocycles. The number of rotatable bonds is 5. The molecule has 2 rings (SSSR count). The first-order valence-corrected chi connectivity index (χ1v) is 7.18. The first-order valence-electron chi connectivity index (χ1n) is 7.18. The highest BCUT2D eigenvalue weighted by Gasteiger charge is 2.17. The second-order valence-corrected chi connectivity index (χ2v) is 5.66. The molecule has 1 fully saturated rings. The van der Waals surface area contributed by atoms with Gasteiger partial charge in [-0.2, -0.15) is 0 Å². The molecule has 0 saturated carbocycles. The summed E-state index contributed by atoms with van der Waals surface area (Å²) in [6.45, 7) is 9.73. The molecule has 1 aliphatic rings. The summed E-state index contributed by atoms with van der Waals surface area (Å²) in [6.07, 6.45) is 2.64. The van der Waals surface area contributed by atoms with E-state index in [1.165, 1.54) is 25.9 Å². The van der Waals surface area contributed by atoms with Gasteiger partial charge in [-0.15, -0.1) is 0 Å². The zero-order chi connectivity index (χ0) is 13.8. The lowest BCUT2D eigenvalue weighted by molar-refractivity contribution is 0.269. The maximum Gasteiger partial charge on any atom is 0.135 e. The topological polar surface area (TPSA) is 67.1 Å². The minimum atomic E-state index is 0.292. The van der Waals surface area contributed by atoms with E-state index < -0.39 is 0 Å². The Morgan fingerprint density at radius 1 is 1.26 bits per heavy atom. The summed E-state index contributed by atoms with van der Waals surface area (Å²) < 4.78 is 0. The van der Waals surface area contributed by atoms with E-state index in [0.29, 0.717) is 17.8 Å². The number of likely N-dealkylation sites (tertiary alicyclic amines) is 1. The van der Waals surface area contributed by atoms with E-state index in [1.807, 2.05) is 6.07 Å². The van der Waals surface area contributed by atoms with Crippen LogP contribution in [0.15, 0.2) is 6.07 Å². The first kappa shape index (κ1) is 14.1. The molecule has 0 bridgehead atoms. The normalized spacial score (nSPS) is 17.9. The van der Waals surface area contributed by atoms with Gasteiger partial charge in [0.05, 0.1) is 0 Å². The fourth-order valence-corrected chi connectivity index (χ4v) is 2.40. The lowest BCUT2D eigenvalue weighted by Crippen LogP contribution is -2.35. The van der Waals surface area contributed by atoms with Crippen molar-refractivity contribution >= 4 is 11.6 Å². The van der Waals surface area contributed by atoms with Crippen molar-refractivity contribution in [2.75, 3.05) is 30.7 Å². The molecule has 1 aliphatic heterocycles. The van der Waals surface area contributed by atoms with Crippen molar-refractivity contribution < 1.29 is 0 Å². The van der Waals surface area contributed by atoms with Crippen molar-refractivity contribution in [2.24, 2.45) is 0 Å². The number of aromatic nitrogens is 2. The van der Waals surface area contributed by atoms with Gasteiger partial charge in [0.1, 0.15) is 17.5 Å². The number of nitrogens with one attached hydrogen (secondary N) is 1. The SMILES string of the molecule is CC(C)c1nc(N)cc(NCC(C)N2CCCC2)n1. The van der Waals surface area contributed by atoms with E-state index in [-0.39, 0.29) is 0 Å². The molecule has 1 atom stereocenters. The van der Waals surface area contributed by atoms with Gasteiger partial charge < -0.3 is 11.1 Å². The number of nitrogens with two attached hydrogens (primary N) is 1. The van der Waals surface area contributed by atoms with Crippen molar-refractivity contribution in [3.63, 3.8) is 0 Å². The van der Waals surface area contributed by atoms with Crippen LogP contribution >= 0.6 is 0 Å². The average Bonchev–Trinajstić information content (AvgIpc) is 2.89. The molecule has 5 heteroatoms. The summed E-state index contributed by atoms with van der Waals surface area (Å²) in [7, 11) is 0. The summed E-state index contributed by atoms with van der Waals surface area (Å²) in [6, 6.07) is 2.34. The van der Waals surface area contributed by atoms with Crippen molar-refractivity contribution in [3.05, 3.63) is 11.9 Å². The summed E-state index contributed by atoms with van der Waals surface area (Å²) in [5, 5.41) is 3.38. The molecule has 106 valence electrons. The van der Waals surface area contributed by atoms with Crippen LogP contribution in [0.25, 0.3) is 0 Å². The Bertz CT molecular complexity index is 412. The van der Waals surface area contributed by atoms with Gasteiger partial charge >= 0.3 is 0 Å². The van der Waals surface area contributed by atoms with E-state index in [0.717, 1.165) is 18.2 Å². The number of nitrogen functional groups attached to an aromatic ring is 1. The van der Waals surface area contributed by atoms with Crippen LogP contribution in [0.5, 0.6) is 0 Å². The van der Waals surface area contributed by atoms with Gasteiger partial charge in [-0.1, -0.05) is 13.8 Å². The van der Waals surface area contributed by atoms with E-state index in [9.17, 15) is 0 Å². The monoisotopic (exact) mass is 263 g/mol. The highest BCUT2D eigenvalue weighted by Crippen LogP contribution is 2.16. The molecular weight excluding hydrogens is 238 g/mol. The molecule has 5 nitrogen and oxygen atoms in total. The highest BCUT2D eigenvalue weighted by molar-refractivity contribution is 5.45. The number of hydrogen-bond acceptors (Lipinski definition) is 5. The van der Waals surface area contributed by atoms with E-state index in [4.69, 9.17) is 5.73 Å². The van der Waals surface area contributed by atoms with Gasteiger partial charge in [-0.3, -0.25) is 4.90 Å². The van der Waals surface area contributed by atoms with Crippen molar-refractivity contribution in [1.29, 1.82) is 0 Å². The largest absolute Gasteiger partial charge is 0.384 e. The second kappa shape index (κ2) is 6.19. The maximum absolute atomic E-state index is 5.82. The van der Waals surface area contributed by atoms with Crippen LogP contribution in [0.3, 0.4) is 0 Å². The van der Waals surface area contributed by atoms with E-state index in [1.54, 1.807) is 0 Å². The molecule has 1 saturated heterocycles. The quantitative estimate of drug-likeness (QED) is 0.851. The maximum atomic E-state index is 5.82. The van der Waals surface area contributed by atoms with Crippen LogP contribution in [-0.4, -0.2) is 40.5 Å². The first-order chi connectivity index (χ1) is 9.06. The van der Waals surface area contributed by atoms with Crippen molar-refractivity contribution in [1.82, 2.24) is 14.9 Å². The fourth-order valence-electron chi connectivity index (χ4n) is 2.40. The van der Waals surface area contributed by atoms with E-state index in [2.05, 4.69) is 41.0 Å². The van der Waals surface area contributed by atoms with Crippen LogP contribution in [0.4, 0.5) is 11.6 Å². The van der Waals surface area contributed by atoms with Crippen LogP contribution in [0.1, 0.15) is 45.4 Å². The van der Waals surface area contributed by atoms with Gasteiger partial charge in [0.25, 0.3) is 0 Å². The van der Waals surface area contributed by atoms with Crippen LogP contribution in [0.2, 0.25) is 0 Å². The number of hydrogen-bond donors (Lipinski definition) is 2. The predicted molar refractivity (Wildman–Crippen MR) is 79.3 cm³/mol. The molecule has 0 spiro atoms. The Balaban J connectivity index is 1.94. The van der Waals surface area contributed by atoms with Crippen LogP contribution in [-0.2, 0) is 0 Å². The molecule has 0 radical (unpaired) electrons. The number of anilines is 2. The van der Waals surface area contributed by atoms with Gasteiger partial charge in [0.2, 0.25) is 0 Å². The smallest absolute Gasteiger partial charge is 0.135 e. The van der Waals surface area contributed by atoms with Gasteiger partial charge in [0, 0.05) is 24.6 Å². The van der Waals surface area contributed by atoms with Crippen LogP contribution in [0, 0.1) is 0 Å². The third-order valence-corrected chi connectivity index (χ3v) is 3.62. The average molecular weight is 263 g/mol. The Labute approximate surface area is 115 Å². The molecule has 3 N–H and O–H groups in total. The van der Waals surface area contributed by atoms with Gasteiger partial charge in [-0.25, -0.2) is 9.97 Å². The van der Waals surface area contributed by atoms with E-state index >= 15 is 0 Å². The summed E-state index contributed by atoms with van der Waals surface area (Å²) in [5.41, 5.74) is 5.82. The zero-order valence-electron chi connectivity index (χ0n) is 12.2. The fraction of sp³-hybridized carbons (Fsp3) is 0.714. The summed E-state index contributed by atoms with van der Waals surface area (Å²) >= 11 is 0. The molecule has 2 heterocycles. The Morgan fingerprint density at radius 2 is 1.95 bits per heavy atom. The Kier molecular flexibility index (Phi) is 4.58. The predicted octanol–water partition coefficient (Wildman–Crippen LogP) is 2.08. The van der Waals surface area contributed by atoms with Gasteiger partial charge in [-0.05, 0) is 32.9 Å². The summed E-state index contributed by atoms with van der Waals surface area (Å²) in [4.78, 5) is 11.3. The summed E-state index contributed by atoms with van der Waals surface area (Å²) in [5.74, 6) is 2.47. The minimum absolute atomic E-state index is 0.292. The highest BCUT2D eigenvalue weighted by atomic mass is 15.2. The second-order valence-electron chi connectivity index (χ2n) is 5.66. The lowest BCUT2D eigenvalue weighted by Gasteiger charge is -2.24. The third kappa shape index (κ3) is 3.80. The Hall–Kier alpha value is -1.36. The Morgan fingerprint density at radius 3 is 2.58 bits per heavy atom. The van der Waals surface area contributed by atoms with Crippen molar-refractivity contribution in [2.45, 2.75) is 45.6 Å². The molecule has 1 aromatic heterocycles. The standard InChI is InChI=1S/C14H25N5/c1-10(2)14-17-12(15)8-13(18-14)16-9-11(3)19-6-4-5-7-19/h8,10-11H,4-7,9H2,1-3H3,(H3,15,16,17,18). The lowest BCUT2D eigenvalue weighted by atomic mass is 10.2. The molecule has 0 aromatic carbocycles. The third-order valence-electron chi connectivity index (χ3n) is 3.62. The minimum Gasteiger partial charge on any atom is -0.384 e. The van der Waals surface area contributed by atoms with Gasteiger partial charge in [0.15, 0.2) is 0 Å². The molecule has 1 unspecified atom stereocenters. The zero-order valence-corrected chi connectivity index (χ0v) is 12.2. The molecular formula is C14H25N5.